The van der Waals surface area contributed by atoms with Gasteiger partial charge in [0.25, 0.3) is 0 Å². The molecule has 0 aromatic heterocycles. The maximum absolute atomic E-state index is 12.0. The van der Waals surface area contributed by atoms with Gasteiger partial charge in [-0.2, -0.15) is 0 Å². The highest BCUT2D eigenvalue weighted by Crippen LogP contribution is 2.37. The number of rotatable bonds is 6. The van der Waals surface area contributed by atoms with Crippen LogP contribution in [0.25, 0.3) is 0 Å². The van der Waals surface area contributed by atoms with E-state index >= 15 is 0 Å². The molecule has 2 saturated heterocycles. The first-order chi connectivity index (χ1) is 16.9. The minimum Gasteiger partial charge on any atom is -0.481 e. The minimum atomic E-state index is -0.810. The fourth-order valence-corrected chi connectivity index (χ4v) is 4.84. The van der Waals surface area contributed by atoms with Crippen molar-refractivity contribution in [3.8, 4) is 0 Å². The van der Waals surface area contributed by atoms with Crippen molar-refractivity contribution in [1.29, 1.82) is 0 Å². The number of hydrogen-bond acceptors (Lipinski definition) is 7. The minimum absolute atomic E-state index is 0.222. The monoisotopic (exact) mass is 528 g/mol. The number of likely N-dealkylation sites (tertiary alicyclic amines) is 2. The van der Waals surface area contributed by atoms with Gasteiger partial charge in [-0.1, -0.05) is 26.7 Å². The lowest BCUT2D eigenvalue weighted by Crippen LogP contribution is -2.40. The van der Waals surface area contributed by atoms with Crippen LogP contribution in [0.3, 0.4) is 0 Å². The van der Waals surface area contributed by atoms with Crippen LogP contribution in [-0.4, -0.2) is 83.5 Å². The molecule has 0 aliphatic carbocycles. The molecular weight excluding hydrogens is 480 g/mol. The second-order valence-corrected chi connectivity index (χ2v) is 12.2. The zero-order valence-corrected chi connectivity index (χ0v) is 24.3. The van der Waals surface area contributed by atoms with Gasteiger partial charge in [0.05, 0.1) is 17.9 Å². The average molecular weight is 529 g/mol. The van der Waals surface area contributed by atoms with Crippen LogP contribution in [0.15, 0.2) is 0 Å². The molecule has 1 N–H and O–H groups in total. The smallest absolute Gasteiger partial charge is 0.410 e. The number of hydrogen-bond donors (Lipinski definition) is 1. The average Bonchev–Trinajstić information content (AvgIpc) is 3.38. The van der Waals surface area contributed by atoms with Crippen LogP contribution in [0.4, 0.5) is 9.59 Å². The fraction of sp³-hybridized carbons (Fsp3) is 0.852. The number of carbonyl (C=O) groups is 4. The summed E-state index contributed by atoms with van der Waals surface area (Å²) >= 11 is 0. The molecule has 2 heterocycles. The molecule has 2 unspecified atom stereocenters. The van der Waals surface area contributed by atoms with Crippen molar-refractivity contribution in [2.45, 2.75) is 105 Å². The summed E-state index contributed by atoms with van der Waals surface area (Å²) in [7, 11) is 1.40. The SMILES string of the molecule is CCCC1(C(=O)O)CCN(C(=O)OC(C)(C)C)C1.CCCC1(C(=O)OC)CCN(C(=O)OC(C)(C)C)C1. The largest absolute Gasteiger partial charge is 0.481 e. The highest BCUT2D eigenvalue weighted by atomic mass is 16.6. The third-order valence-corrected chi connectivity index (χ3v) is 6.54. The van der Waals surface area contributed by atoms with Gasteiger partial charge in [0.15, 0.2) is 0 Å². The summed E-state index contributed by atoms with van der Waals surface area (Å²) in [5.41, 5.74) is -2.40. The zero-order chi connectivity index (χ0) is 28.7. The fourth-order valence-electron chi connectivity index (χ4n) is 4.84. The summed E-state index contributed by atoms with van der Waals surface area (Å²) in [5, 5.41) is 9.35. The third kappa shape index (κ3) is 9.38. The molecule has 2 aliphatic rings. The maximum Gasteiger partial charge on any atom is 0.410 e. The second-order valence-electron chi connectivity index (χ2n) is 12.2. The Hall–Kier alpha value is -2.52. The maximum atomic E-state index is 12.0. The van der Waals surface area contributed by atoms with Gasteiger partial charge in [0.2, 0.25) is 0 Å². The molecule has 214 valence electrons. The van der Waals surface area contributed by atoms with Crippen molar-refractivity contribution in [2.75, 3.05) is 33.3 Å². The first-order valence-electron chi connectivity index (χ1n) is 13.2. The summed E-state index contributed by atoms with van der Waals surface area (Å²) in [4.78, 5) is 50.4. The number of amides is 2. The van der Waals surface area contributed by atoms with Crippen molar-refractivity contribution in [3.63, 3.8) is 0 Å². The Labute approximate surface area is 222 Å². The van der Waals surface area contributed by atoms with Gasteiger partial charge in [0.1, 0.15) is 11.2 Å². The lowest BCUT2D eigenvalue weighted by atomic mass is 9.82. The standard InChI is InChI=1S/C14H25NO4.C13H23NO4/c1-6-7-14(11(16)18-5)8-9-15(10-14)12(17)19-13(2,3)4;1-5-6-13(10(15)16)7-8-14(9-13)11(17)18-12(2,3)4/h6-10H2,1-5H3;5-9H2,1-4H3,(H,15,16). The van der Waals surface area contributed by atoms with Crippen LogP contribution in [0.5, 0.6) is 0 Å². The van der Waals surface area contributed by atoms with Gasteiger partial charge < -0.3 is 29.1 Å². The highest BCUT2D eigenvalue weighted by Gasteiger charge is 2.47. The molecule has 0 bridgehead atoms. The predicted octanol–water partition coefficient (Wildman–Crippen LogP) is 5.09. The third-order valence-electron chi connectivity index (χ3n) is 6.54. The van der Waals surface area contributed by atoms with Crippen LogP contribution in [0.2, 0.25) is 0 Å². The van der Waals surface area contributed by atoms with E-state index in [1.54, 1.807) is 25.7 Å². The van der Waals surface area contributed by atoms with E-state index < -0.39 is 34.1 Å². The normalized spacial score (nSPS) is 23.7. The number of aliphatic carboxylic acids is 1. The molecule has 2 aliphatic heterocycles. The molecular formula is C27H48N2O8. The molecule has 37 heavy (non-hydrogen) atoms. The Balaban J connectivity index is 0.000000371. The number of carboxylic acid groups (broad SMARTS) is 1. The molecule has 2 amide bonds. The molecule has 0 aromatic rings. The summed E-state index contributed by atoms with van der Waals surface area (Å²) in [6.45, 7) is 16.6. The van der Waals surface area contributed by atoms with Crippen molar-refractivity contribution in [2.24, 2.45) is 10.8 Å². The van der Waals surface area contributed by atoms with E-state index in [4.69, 9.17) is 14.2 Å². The zero-order valence-electron chi connectivity index (χ0n) is 24.3. The van der Waals surface area contributed by atoms with Crippen LogP contribution in [0, 0.1) is 10.8 Å². The van der Waals surface area contributed by atoms with Crippen LogP contribution >= 0.6 is 0 Å². The summed E-state index contributed by atoms with van der Waals surface area (Å²) in [6.07, 6.45) is 3.41. The molecule has 2 atom stereocenters. The molecule has 2 fully saturated rings. The van der Waals surface area contributed by atoms with E-state index in [1.165, 1.54) is 12.0 Å². The Kier molecular flexibility index (Phi) is 11.3. The highest BCUT2D eigenvalue weighted by molar-refractivity contribution is 5.79. The second kappa shape index (κ2) is 12.8. The molecule has 0 spiro atoms. The van der Waals surface area contributed by atoms with Crippen molar-refractivity contribution >= 4 is 24.1 Å². The van der Waals surface area contributed by atoms with E-state index in [2.05, 4.69) is 0 Å². The van der Waals surface area contributed by atoms with Gasteiger partial charge in [-0.05, 0) is 67.2 Å². The number of ether oxygens (including phenoxy) is 3. The number of carboxylic acids is 1. The number of esters is 1. The van der Waals surface area contributed by atoms with E-state index in [0.717, 1.165) is 19.3 Å². The number of methoxy groups -OCH3 is 1. The van der Waals surface area contributed by atoms with Gasteiger partial charge in [-0.3, -0.25) is 9.59 Å². The van der Waals surface area contributed by atoms with Gasteiger partial charge in [0, 0.05) is 26.2 Å². The molecule has 0 aromatic carbocycles. The van der Waals surface area contributed by atoms with Crippen molar-refractivity contribution < 1.29 is 38.5 Å². The van der Waals surface area contributed by atoms with Crippen molar-refractivity contribution in [1.82, 2.24) is 9.80 Å². The summed E-state index contributed by atoms with van der Waals surface area (Å²) < 4.78 is 15.5. The molecule has 10 heteroatoms. The van der Waals surface area contributed by atoms with E-state index in [9.17, 15) is 24.3 Å². The molecule has 10 nitrogen and oxygen atoms in total. The van der Waals surface area contributed by atoms with Crippen LogP contribution in [0.1, 0.15) is 93.9 Å². The van der Waals surface area contributed by atoms with E-state index in [-0.39, 0.29) is 18.6 Å². The lowest BCUT2D eigenvalue weighted by Gasteiger charge is -2.27. The quantitative estimate of drug-likeness (QED) is 0.374. The topological polar surface area (TPSA) is 123 Å². The van der Waals surface area contributed by atoms with Crippen molar-refractivity contribution in [3.05, 3.63) is 0 Å². The molecule has 0 saturated carbocycles. The van der Waals surface area contributed by atoms with Crippen LogP contribution in [-0.2, 0) is 23.8 Å². The Morgan fingerprint density at radius 2 is 1.14 bits per heavy atom. The molecule has 0 radical (unpaired) electrons. The number of nitrogens with zero attached hydrogens (tertiary/aromatic N) is 2. The van der Waals surface area contributed by atoms with E-state index in [0.29, 0.717) is 38.9 Å². The Morgan fingerprint density at radius 1 is 0.757 bits per heavy atom. The number of carbonyl (C=O) groups excluding carboxylic acids is 3. The Morgan fingerprint density at radius 3 is 1.49 bits per heavy atom. The van der Waals surface area contributed by atoms with Gasteiger partial charge >= 0.3 is 24.1 Å². The van der Waals surface area contributed by atoms with Gasteiger partial charge in [-0.15, -0.1) is 0 Å². The first-order valence-corrected chi connectivity index (χ1v) is 13.2. The Bertz CT molecular complexity index is 816. The van der Waals surface area contributed by atoms with Crippen LogP contribution < -0.4 is 0 Å². The first kappa shape index (κ1) is 32.5. The predicted molar refractivity (Wildman–Crippen MR) is 139 cm³/mol. The van der Waals surface area contributed by atoms with E-state index in [1.807, 2.05) is 34.6 Å². The lowest BCUT2D eigenvalue weighted by molar-refractivity contribution is -0.152. The summed E-state index contributed by atoms with van der Waals surface area (Å²) in [6, 6.07) is 0. The summed E-state index contributed by atoms with van der Waals surface area (Å²) in [5.74, 6) is -1.03. The van der Waals surface area contributed by atoms with Gasteiger partial charge in [-0.25, -0.2) is 9.59 Å². The molecule has 2 rings (SSSR count).